The van der Waals surface area contributed by atoms with E-state index in [-0.39, 0.29) is 0 Å². The van der Waals surface area contributed by atoms with Crippen molar-refractivity contribution < 1.29 is 14.6 Å². The number of benzene rings is 1. The number of aliphatic hydroxyl groups is 1. The molecule has 3 aromatic rings. The van der Waals surface area contributed by atoms with Gasteiger partial charge in [0, 0.05) is 41.9 Å². The summed E-state index contributed by atoms with van der Waals surface area (Å²) in [5.74, 6) is 1.79. The predicted octanol–water partition coefficient (Wildman–Crippen LogP) is 3.53. The van der Waals surface area contributed by atoms with Gasteiger partial charge in [-0.25, -0.2) is 4.98 Å². The monoisotopic (exact) mass is 391 g/mol. The van der Waals surface area contributed by atoms with Gasteiger partial charge in [-0.3, -0.25) is 10.3 Å². The third kappa shape index (κ3) is 4.04. The van der Waals surface area contributed by atoms with Gasteiger partial charge >= 0.3 is 0 Å². The van der Waals surface area contributed by atoms with Gasteiger partial charge in [-0.05, 0) is 61.6 Å². The number of rotatable bonds is 6. The highest BCUT2D eigenvalue weighted by Crippen LogP contribution is 2.33. The standard InChI is InChI=1S/C23H25N3O3/c27-22-9-15(12-25-22)14-28-21-11-17(10-20-19(21)5-2-8-24-20)16-6-7-23(26-13-16)29-18-3-1-4-18/h2,5-8,10-11,13,15,18,22,25,27H,1,3-4,9,12,14H2. The largest absolute Gasteiger partial charge is 0.493 e. The van der Waals surface area contributed by atoms with E-state index in [0.717, 1.165) is 47.2 Å². The first-order valence-corrected chi connectivity index (χ1v) is 10.3. The van der Waals surface area contributed by atoms with Crippen molar-refractivity contribution in [3.63, 3.8) is 0 Å². The van der Waals surface area contributed by atoms with E-state index in [1.807, 2.05) is 36.5 Å². The minimum Gasteiger partial charge on any atom is -0.493 e. The third-order valence-electron chi connectivity index (χ3n) is 5.77. The van der Waals surface area contributed by atoms with Gasteiger partial charge in [-0.2, -0.15) is 0 Å². The Bertz CT molecular complexity index is 988. The summed E-state index contributed by atoms with van der Waals surface area (Å²) in [4.78, 5) is 9.00. The molecule has 1 aliphatic carbocycles. The van der Waals surface area contributed by atoms with Crippen LogP contribution < -0.4 is 14.8 Å². The maximum absolute atomic E-state index is 9.66. The molecular weight excluding hydrogens is 366 g/mol. The van der Waals surface area contributed by atoms with Crippen molar-refractivity contribution in [2.75, 3.05) is 13.2 Å². The number of hydrogen-bond acceptors (Lipinski definition) is 6. The Kier molecular flexibility index (Phi) is 5.04. The second-order valence-corrected chi connectivity index (χ2v) is 7.94. The van der Waals surface area contributed by atoms with Crippen molar-refractivity contribution in [1.29, 1.82) is 0 Å². The van der Waals surface area contributed by atoms with E-state index in [0.29, 0.717) is 30.9 Å². The van der Waals surface area contributed by atoms with Crippen LogP contribution in [0.3, 0.4) is 0 Å². The van der Waals surface area contributed by atoms with Crippen molar-refractivity contribution in [1.82, 2.24) is 15.3 Å². The first-order chi connectivity index (χ1) is 14.2. The average molecular weight is 391 g/mol. The quantitative estimate of drug-likeness (QED) is 0.669. The van der Waals surface area contributed by atoms with Gasteiger partial charge in [0.05, 0.1) is 12.1 Å². The maximum Gasteiger partial charge on any atom is 0.213 e. The Morgan fingerprint density at radius 3 is 2.76 bits per heavy atom. The van der Waals surface area contributed by atoms with Crippen LogP contribution in [0, 0.1) is 5.92 Å². The molecule has 150 valence electrons. The van der Waals surface area contributed by atoms with Crippen molar-refractivity contribution in [3.8, 4) is 22.8 Å². The number of hydrogen-bond donors (Lipinski definition) is 2. The molecular formula is C23H25N3O3. The average Bonchev–Trinajstić information content (AvgIpc) is 3.14. The Balaban J connectivity index is 1.39. The summed E-state index contributed by atoms with van der Waals surface area (Å²) in [5.41, 5.74) is 2.90. The molecule has 1 saturated carbocycles. The first kappa shape index (κ1) is 18.3. The fourth-order valence-electron chi connectivity index (χ4n) is 3.83. The molecule has 2 aromatic heterocycles. The normalized spacial score (nSPS) is 21.8. The predicted molar refractivity (Wildman–Crippen MR) is 111 cm³/mol. The number of aromatic nitrogens is 2. The van der Waals surface area contributed by atoms with E-state index in [2.05, 4.69) is 21.4 Å². The zero-order chi connectivity index (χ0) is 19.6. The van der Waals surface area contributed by atoms with Crippen LogP contribution in [0.5, 0.6) is 11.6 Å². The van der Waals surface area contributed by atoms with Crippen LogP contribution in [0.2, 0.25) is 0 Å². The highest BCUT2D eigenvalue weighted by Gasteiger charge is 2.23. The molecule has 1 aromatic carbocycles. The fourth-order valence-corrected chi connectivity index (χ4v) is 3.83. The molecule has 6 heteroatoms. The van der Waals surface area contributed by atoms with E-state index in [9.17, 15) is 5.11 Å². The number of ether oxygens (including phenoxy) is 2. The van der Waals surface area contributed by atoms with Gasteiger partial charge < -0.3 is 14.6 Å². The summed E-state index contributed by atoms with van der Waals surface area (Å²) in [5, 5.41) is 13.7. The molecule has 5 rings (SSSR count). The number of fused-ring (bicyclic) bond motifs is 1. The molecule has 2 fully saturated rings. The molecule has 2 N–H and O–H groups in total. The van der Waals surface area contributed by atoms with Crippen LogP contribution in [0.1, 0.15) is 25.7 Å². The van der Waals surface area contributed by atoms with Crippen LogP contribution in [-0.2, 0) is 0 Å². The molecule has 0 spiro atoms. The summed E-state index contributed by atoms with van der Waals surface area (Å²) in [7, 11) is 0. The summed E-state index contributed by atoms with van der Waals surface area (Å²) < 4.78 is 12.0. The van der Waals surface area contributed by atoms with Crippen molar-refractivity contribution >= 4 is 10.9 Å². The molecule has 29 heavy (non-hydrogen) atoms. The minimum absolute atomic E-state index is 0.296. The molecule has 0 radical (unpaired) electrons. The van der Waals surface area contributed by atoms with Crippen LogP contribution in [0.15, 0.2) is 48.8 Å². The van der Waals surface area contributed by atoms with Crippen LogP contribution in [-0.4, -0.2) is 40.6 Å². The molecule has 0 amide bonds. The van der Waals surface area contributed by atoms with Gasteiger partial charge in [0.15, 0.2) is 0 Å². The number of aliphatic hydroxyl groups excluding tert-OH is 1. The van der Waals surface area contributed by atoms with Crippen LogP contribution in [0.4, 0.5) is 0 Å². The van der Waals surface area contributed by atoms with Crippen molar-refractivity contribution in [2.45, 2.75) is 38.0 Å². The van der Waals surface area contributed by atoms with E-state index in [4.69, 9.17) is 9.47 Å². The number of nitrogens with one attached hydrogen (secondary N) is 1. The summed E-state index contributed by atoms with van der Waals surface area (Å²) >= 11 is 0. The van der Waals surface area contributed by atoms with Crippen LogP contribution >= 0.6 is 0 Å². The Morgan fingerprint density at radius 2 is 2.03 bits per heavy atom. The SMILES string of the molecule is OC1CC(COc2cc(-c3ccc(OC4CCC4)nc3)cc3ncccc23)CN1. The molecule has 0 bridgehead atoms. The maximum atomic E-state index is 9.66. The van der Waals surface area contributed by atoms with Gasteiger partial charge in [0.25, 0.3) is 0 Å². The molecule has 2 atom stereocenters. The second-order valence-electron chi connectivity index (χ2n) is 7.94. The van der Waals surface area contributed by atoms with Gasteiger partial charge in [-0.1, -0.05) is 0 Å². The Hall–Kier alpha value is -2.70. The Morgan fingerprint density at radius 1 is 1.10 bits per heavy atom. The topological polar surface area (TPSA) is 76.5 Å². The van der Waals surface area contributed by atoms with Crippen LogP contribution in [0.25, 0.3) is 22.0 Å². The Labute approximate surface area is 169 Å². The van der Waals surface area contributed by atoms with Gasteiger partial charge in [0.1, 0.15) is 18.1 Å². The van der Waals surface area contributed by atoms with E-state index in [1.165, 1.54) is 6.42 Å². The molecule has 6 nitrogen and oxygen atoms in total. The van der Waals surface area contributed by atoms with Crippen molar-refractivity contribution in [3.05, 3.63) is 48.8 Å². The zero-order valence-corrected chi connectivity index (χ0v) is 16.3. The zero-order valence-electron chi connectivity index (χ0n) is 16.3. The molecule has 3 heterocycles. The molecule has 1 saturated heterocycles. The highest BCUT2D eigenvalue weighted by molar-refractivity contribution is 5.89. The second kappa shape index (κ2) is 7.97. The molecule has 2 aliphatic rings. The fraction of sp³-hybridized carbons (Fsp3) is 0.391. The summed E-state index contributed by atoms with van der Waals surface area (Å²) in [6.07, 6.45) is 7.72. The van der Waals surface area contributed by atoms with Gasteiger partial charge in [0.2, 0.25) is 5.88 Å². The van der Waals surface area contributed by atoms with E-state index >= 15 is 0 Å². The molecule has 1 aliphatic heterocycles. The number of nitrogens with zero attached hydrogens (tertiary/aromatic N) is 2. The summed E-state index contributed by atoms with van der Waals surface area (Å²) in [6, 6.07) is 12.0. The lowest BCUT2D eigenvalue weighted by Gasteiger charge is -2.25. The van der Waals surface area contributed by atoms with E-state index in [1.54, 1.807) is 6.20 Å². The lowest BCUT2D eigenvalue weighted by atomic mass is 9.96. The minimum atomic E-state index is -0.430. The lowest BCUT2D eigenvalue weighted by Crippen LogP contribution is -2.24. The number of pyridine rings is 2. The van der Waals surface area contributed by atoms with E-state index < -0.39 is 6.23 Å². The third-order valence-corrected chi connectivity index (χ3v) is 5.77. The first-order valence-electron chi connectivity index (χ1n) is 10.3. The lowest BCUT2D eigenvalue weighted by molar-refractivity contribution is 0.114. The highest BCUT2D eigenvalue weighted by atomic mass is 16.5. The summed E-state index contributed by atoms with van der Waals surface area (Å²) in [6.45, 7) is 1.33. The molecule has 2 unspecified atom stereocenters. The smallest absolute Gasteiger partial charge is 0.213 e. The van der Waals surface area contributed by atoms with Gasteiger partial charge in [-0.15, -0.1) is 0 Å². The van der Waals surface area contributed by atoms with Crippen molar-refractivity contribution in [2.24, 2.45) is 5.92 Å².